The largest absolute Gasteiger partial charge is 0.497 e. The molecule has 0 spiro atoms. The fourth-order valence-corrected chi connectivity index (χ4v) is 10.7. The molecule has 2 aliphatic rings. The van der Waals surface area contributed by atoms with Crippen molar-refractivity contribution < 1.29 is 72.1 Å². The number of amides is 7. The maximum absolute atomic E-state index is 15.1. The number of nitrogens with zero attached hydrogens (tertiary/aromatic N) is 3. The summed E-state index contributed by atoms with van der Waals surface area (Å²) in [5.74, 6) is -10.8. The molecule has 0 aliphatic carbocycles. The van der Waals surface area contributed by atoms with Gasteiger partial charge in [-0.15, -0.1) is 0 Å². The van der Waals surface area contributed by atoms with Gasteiger partial charge in [0.15, 0.2) is 17.7 Å². The number of esters is 2. The minimum absolute atomic E-state index is 0.0381. The zero-order chi connectivity index (χ0) is 64.6. The van der Waals surface area contributed by atoms with Gasteiger partial charge < -0.3 is 55.3 Å². The van der Waals surface area contributed by atoms with Crippen molar-refractivity contribution in [1.29, 1.82) is 0 Å². The van der Waals surface area contributed by atoms with E-state index in [0.717, 1.165) is 4.90 Å². The number of Topliss-reactive ketones (excluding diaryl/α,β-unsaturated/α-hetero) is 1. The molecule has 3 aromatic carbocycles. The molecule has 2 saturated heterocycles. The van der Waals surface area contributed by atoms with Gasteiger partial charge in [-0.05, 0) is 93.0 Å². The summed E-state index contributed by atoms with van der Waals surface area (Å²) in [7, 11) is 4.23. The van der Waals surface area contributed by atoms with Crippen LogP contribution in [0.5, 0.6) is 5.75 Å². The van der Waals surface area contributed by atoms with Gasteiger partial charge in [0.25, 0.3) is 5.91 Å². The average Bonchev–Trinajstić information content (AvgIpc) is 3.00. The molecule has 2 aliphatic heterocycles. The van der Waals surface area contributed by atoms with Crippen LogP contribution in [0.15, 0.2) is 78.9 Å². The Labute approximate surface area is 510 Å². The molecular weight excluding hydrogens is 1120 g/mol. The van der Waals surface area contributed by atoms with Crippen LogP contribution in [0.1, 0.15) is 140 Å². The van der Waals surface area contributed by atoms with Crippen molar-refractivity contribution in [2.24, 2.45) is 29.6 Å². The molecule has 0 radical (unpaired) electrons. The Morgan fingerprint density at radius 1 is 0.793 bits per heavy atom. The Bertz CT molecular complexity index is 2920. The second-order valence-corrected chi connectivity index (χ2v) is 24.1. The van der Waals surface area contributed by atoms with E-state index in [1.807, 2.05) is 13.8 Å². The Balaban J connectivity index is 1.54. The second-order valence-electron chi connectivity index (χ2n) is 24.1. The maximum atomic E-state index is 15.1. The summed E-state index contributed by atoms with van der Waals surface area (Å²) in [6.45, 7) is 16.2. The van der Waals surface area contributed by atoms with Crippen LogP contribution in [-0.4, -0.2) is 174 Å². The number of benzene rings is 3. The van der Waals surface area contributed by atoms with Crippen molar-refractivity contribution in [3.8, 4) is 5.75 Å². The predicted molar refractivity (Wildman–Crippen MR) is 322 cm³/mol. The van der Waals surface area contributed by atoms with E-state index in [4.69, 9.17) is 14.2 Å². The number of rotatable bonds is 18. The average molecular weight is 1210 g/mol. The summed E-state index contributed by atoms with van der Waals surface area (Å²) in [6.07, 6.45) is -4.52. The van der Waals surface area contributed by atoms with Gasteiger partial charge in [-0.1, -0.05) is 116 Å². The molecule has 3 aromatic rings. The third-order valence-electron chi connectivity index (χ3n) is 16.2. The fourth-order valence-electron chi connectivity index (χ4n) is 10.7. The first-order chi connectivity index (χ1) is 41.1. The third kappa shape index (κ3) is 18.7. The molecule has 11 atom stereocenters. The lowest BCUT2D eigenvalue weighted by Gasteiger charge is -2.36. The van der Waals surface area contributed by atoms with Crippen molar-refractivity contribution in [2.45, 2.75) is 169 Å². The van der Waals surface area contributed by atoms with Gasteiger partial charge in [0.2, 0.25) is 35.4 Å². The third-order valence-corrected chi connectivity index (χ3v) is 16.2. The zero-order valence-electron chi connectivity index (χ0n) is 52.5. The predicted octanol–water partition coefficient (Wildman–Crippen LogP) is 4.61. The Hall–Kier alpha value is -8.01. The van der Waals surface area contributed by atoms with E-state index >= 15 is 9.59 Å². The van der Waals surface area contributed by atoms with E-state index in [0.29, 0.717) is 35.3 Å². The van der Waals surface area contributed by atoms with Crippen molar-refractivity contribution >= 4 is 64.9 Å². The number of aliphatic hydroxyl groups is 1. The van der Waals surface area contributed by atoms with E-state index in [2.05, 4.69) is 21.3 Å². The monoisotopic (exact) mass is 1210 g/mol. The fraction of sp³-hybridized carbons (Fsp3) is 0.554. The maximum Gasteiger partial charge on any atom is 0.329 e. The molecule has 2 heterocycles. The summed E-state index contributed by atoms with van der Waals surface area (Å²) in [4.78, 5) is 161. The lowest BCUT2D eigenvalue weighted by Crippen LogP contribution is -2.61. The Morgan fingerprint density at radius 2 is 1.41 bits per heavy atom. The smallest absolute Gasteiger partial charge is 0.329 e. The highest BCUT2D eigenvalue weighted by molar-refractivity contribution is 6.09. The number of ketones is 2. The normalized spacial score (nSPS) is 23.9. The van der Waals surface area contributed by atoms with Gasteiger partial charge in [-0.25, -0.2) is 4.79 Å². The number of hydrogen-bond acceptors (Lipinski definition) is 15. The van der Waals surface area contributed by atoms with Crippen LogP contribution < -0.4 is 26.0 Å². The van der Waals surface area contributed by atoms with E-state index in [9.17, 15) is 48.3 Å². The number of fused-ring (bicyclic) bond motifs is 1. The lowest BCUT2D eigenvalue weighted by molar-refractivity contribution is -0.163. The van der Waals surface area contributed by atoms with Gasteiger partial charge in [0.05, 0.1) is 38.1 Å². The van der Waals surface area contributed by atoms with Crippen molar-refractivity contribution in [3.63, 3.8) is 0 Å². The SMILES string of the molecule is CC[C@H](C)[C@H]1NC(=O)[C@H](NC(=O)[C@@H](CC(C)C)N(C)C(=O)CNC(=O)c2ccc(C(=O)c3ccccc3)cc2)[C@@H](C)OC(=O)[C@H](Cc2ccc(OC)cc2)N(C)C(=O)[C@@H]2CCCN2C(=O)[C@H](CC(C)C)NC(=O)[C@@H](C)C(=O)[C@H](C(C)C)OC(=O)C[C@@H]1O. The highest BCUT2D eigenvalue weighted by Gasteiger charge is 2.45. The van der Waals surface area contributed by atoms with Crippen LogP contribution in [0.4, 0.5) is 0 Å². The van der Waals surface area contributed by atoms with Crippen LogP contribution >= 0.6 is 0 Å². The first kappa shape index (κ1) is 69.8. The molecule has 0 unspecified atom stereocenters. The number of methoxy groups -OCH3 is 1. The van der Waals surface area contributed by atoms with E-state index in [-0.39, 0.29) is 55.4 Å². The zero-order valence-corrected chi connectivity index (χ0v) is 52.5. The number of likely N-dealkylation sites (N-methyl/N-ethyl adjacent to an activating group) is 2. The lowest BCUT2D eigenvalue weighted by atomic mass is 9.91. The molecule has 0 aromatic heterocycles. The molecule has 22 heteroatoms. The van der Waals surface area contributed by atoms with Crippen LogP contribution in [-0.2, 0) is 59.0 Å². The molecule has 87 heavy (non-hydrogen) atoms. The van der Waals surface area contributed by atoms with E-state index in [1.165, 1.54) is 69.1 Å². The first-order valence-electron chi connectivity index (χ1n) is 30.0. The summed E-state index contributed by atoms with van der Waals surface area (Å²) in [6, 6.07) is 13.2. The minimum atomic E-state index is -1.79. The topological polar surface area (TPSA) is 294 Å². The van der Waals surface area contributed by atoms with Crippen molar-refractivity contribution in [3.05, 3.63) is 101 Å². The molecule has 0 bridgehead atoms. The van der Waals surface area contributed by atoms with E-state index < -0.39 is 144 Å². The molecule has 474 valence electrons. The highest BCUT2D eigenvalue weighted by Crippen LogP contribution is 2.26. The van der Waals surface area contributed by atoms with Gasteiger partial charge in [0.1, 0.15) is 42.1 Å². The Kier molecular flexibility index (Phi) is 25.7. The van der Waals surface area contributed by atoms with Crippen LogP contribution in [0.2, 0.25) is 0 Å². The molecule has 5 rings (SSSR count). The number of cyclic esters (lactones) is 2. The van der Waals surface area contributed by atoms with Gasteiger partial charge in [-0.2, -0.15) is 0 Å². The minimum Gasteiger partial charge on any atom is -0.497 e. The first-order valence-corrected chi connectivity index (χ1v) is 30.0. The van der Waals surface area contributed by atoms with E-state index in [1.54, 1.807) is 96.1 Å². The number of nitrogens with one attached hydrogen (secondary N) is 4. The molecule has 0 saturated carbocycles. The number of carbonyl (C=O) groups is 11. The summed E-state index contributed by atoms with van der Waals surface area (Å²) < 4.78 is 17.3. The number of ether oxygens (including phenoxy) is 3. The number of carbonyl (C=O) groups excluding carboxylic acids is 11. The van der Waals surface area contributed by atoms with Crippen LogP contribution in [0.25, 0.3) is 0 Å². The van der Waals surface area contributed by atoms with Crippen molar-refractivity contribution in [1.82, 2.24) is 36.0 Å². The van der Waals surface area contributed by atoms with Gasteiger partial charge >= 0.3 is 11.9 Å². The number of hydrogen-bond donors (Lipinski definition) is 5. The quantitative estimate of drug-likeness (QED) is 0.0661. The highest BCUT2D eigenvalue weighted by atomic mass is 16.6. The molecule has 2 fully saturated rings. The molecule has 5 N–H and O–H groups in total. The molecule has 7 amide bonds. The molecule has 22 nitrogen and oxygen atoms in total. The second kappa shape index (κ2) is 32.1. The molecular formula is C65H89N7O15. The van der Waals surface area contributed by atoms with Crippen LogP contribution in [0.3, 0.4) is 0 Å². The van der Waals surface area contributed by atoms with Gasteiger partial charge in [-0.3, -0.25) is 47.9 Å². The van der Waals surface area contributed by atoms with Crippen LogP contribution in [0, 0.1) is 29.6 Å². The van der Waals surface area contributed by atoms with Gasteiger partial charge in [0, 0.05) is 43.8 Å². The number of aliphatic hydroxyl groups excluding tert-OH is 1. The summed E-state index contributed by atoms with van der Waals surface area (Å²) in [5.41, 5.74) is 1.53. The Morgan fingerprint density at radius 3 is 2.00 bits per heavy atom. The standard InChI is InChI=1S/C65H89N7O15/c1-14-39(8)54-51(73)34-53(75)87-58(38(6)7)56(76)40(9)59(78)67-47(31-36(2)3)63(82)72-30-18-21-48(72)64(83)71(12)50(33-42-22-28-46(85-13)29-23-42)65(84)86-41(10)55(62(81)68-54)69-61(80)49(32-37(4)5)70(11)52(74)35-66-60(79)45-26-24-44(25-27-45)57(77)43-19-16-15-17-20-43/h15-17,19-20,22-29,36-41,47-51,54-55,58,73H,14,18,21,30-35H2,1-13H3,(H,66,79)(H,67,78)(H,68,81)(H,69,80)/t39-,40-,41+,47-,48-,49+,50-,51-,54+,55+,58-/m0/s1. The summed E-state index contributed by atoms with van der Waals surface area (Å²) >= 11 is 0. The van der Waals surface area contributed by atoms with Crippen molar-refractivity contribution in [2.75, 3.05) is 34.3 Å². The summed E-state index contributed by atoms with van der Waals surface area (Å²) in [5, 5.41) is 22.7.